The Bertz CT molecular complexity index is 811. The zero-order valence-electron chi connectivity index (χ0n) is 18.2. The second kappa shape index (κ2) is 6.61. The van der Waals surface area contributed by atoms with Crippen LogP contribution in [0.5, 0.6) is 0 Å². The van der Waals surface area contributed by atoms with E-state index in [1.165, 1.54) is 6.42 Å². The van der Waals surface area contributed by atoms with Gasteiger partial charge in [-0.3, -0.25) is 4.79 Å². The number of rotatable bonds is 5. The molecule has 0 spiro atoms. The number of fused-ring (bicyclic) bond motifs is 5. The van der Waals surface area contributed by atoms with Crippen LogP contribution in [0.3, 0.4) is 0 Å². The highest BCUT2D eigenvalue weighted by molar-refractivity contribution is 7.92. The first-order valence-electron chi connectivity index (χ1n) is 11.3. The van der Waals surface area contributed by atoms with Crippen LogP contribution in [0.4, 0.5) is 13.2 Å². The van der Waals surface area contributed by atoms with Gasteiger partial charge in [0.2, 0.25) is 15.7 Å². The maximum atomic E-state index is 13.4. The number of hydrogen-bond donors (Lipinski definition) is 1. The number of nitrogens with one attached hydrogen (secondary N) is 1. The highest BCUT2D eigenvalue weighted by Crippen LogP contribution is 2.66. The Kier molecular flexibility index (Phi) is 4.94. The van der Waals surface area contributed by atoms with Crippen molar-refractivity contribution in [2.75, 3.05) is 5.75 Å². The normalized spacial score (nSPS) is 42.5. The lowest BCUT2D eigenvalue weighted by molar-refractivity contribution is -0.142. The fourth-order valence-electron chi connectivity index (χ4n) is 7.18. The average Bonchev–Trinajstić information content (AvgIpc) is 3.01. The second-order valence-corrected chi connectivity index (χ2v) is 13.5. The van der Waals surface area contributed by atoms with E-state index in [4.69, 9.17) is 0 Å². The van der Waals surface area contributed by atoms with E-state index in [9.17, 15) is 26.4 Å². The van der Waals surface area contributed by atoms with Crippen molar-refractivity contribution in [3.8, 4) is 0 Å². The van der Waals surface area contributed by atoms with Gasteiger partial charge in [-0.15, -0.1) is 0 Å². The number of hydrogen-bond acceptors (Lipinski definition) is 3. The number of amides is 1. The van der Waals surface area contributed by atoms with Crippen molar-refractivity contribution >= 4 is 15.7 Å². The summed E-state index contributed by atoms with van der Waals surface area (Å²) in [7, 11) is -5.08. The predicted octanol–water partition coefficient (Wildman–Crippen LogP) is 4.98. The minimum absolute atomic E-state index is 0.0447. The molecule has 1 amide bonds. The van der Waals surface area contributed by atoms with Gasteiger partial charge in [-0.1, -0.05) is 20.8 Å². The SMILES string of the molecule is CC1(C)[C@H]2CC[C@]1(C)[C@H](NC(=O)C13CCC(CCS(=O)(=O)C(F)(F)F)(CC1)CC3)C2. The summed E-state index contributed by atoms with van der Waals surface area (Å²) in [5.74, 6) is -0.0772. The molecule has 0 unspecified atom stereocenters. The van der Waals surface area contributed by atoms with E-state index in [0.717, 1.165) is 12.8 Å². The van der Waals surface area contributed by atoms with Crippen molar-refractivity contribution in [1.82, 2.24) is 5.32 Å². The number of sulfone groups is 1. The average molecular weight is 450 g/mol. The van der Waals surface area contributed by atoms with E-state index >= 15 is 0 Å². The summed E-state index contributed by atoms with van der Waals surface area (Å²) in [6.45, 7) is 6.94. The molecule has 4 bridgehead atoms. The Labute approximate surface area is 177 Å². The zero-order valence-corrected chi connectivity index (χ0v) is 19.0. The summed E-state index contributed by atoms with van der Waals surface area (Å²) in [5.41, 5.74) is -5.63. The molecule has 5 aliphatic rings. The monoisotopic (exact) mass is 449 g/mol. The van der Waals surface area contributed by atoms with Crippen molar-refractivity contribution in [3.05, 3.63) is 0 Å². The quantitative estimate of drug-likeness (QED) is 0.644. The first kappa shape index (κ1) is 22.4. The fraction of sp³-hybridized carbons (Fsp3) is 0.955. The first-order valence-corrected chi connectivity index (χ1v) is 12.9. The van der Waals surface area contributed by atoms with Gasteiger partial charge in [0.25, 0.3) is 0 Å². The number of carbonyl (C=O) groups excluding carboxylic acids is 1. The molecule has 5 saturated carbocycles. The highest BCUT2D eigenvalue weighted by atomic mass is 32.2. The maximum Gasteiger partial charge on any atom is 0.497 e. The third kappa shape index (κ3) is 3.14. The molecule has 0 radical (unpaired) electrons. The molecule has 3 atom stereocenters. The van der Waals surface area contributed by atoms with Crippen molar-refractivity contribution in [1.29, 1.82) is 0 Å². The molecule has 5 rings (SSSR count). The van der Waals surface area contributed by atoms with E-state index in [2.05, 4.69) is 26.1 Å². The van der Waals surface area contributed by atoms with Crippen molar-refractivity contribution < 1.29 is 26.4 Å². The minimum Gasteiger partial charge on any atom is -0.352 e. The summed E-state index contributed by atoms with van der Waals surface area (Å²) in [4.78, 5) is 13.4. The summed E-state index contributed by atoms with van der Waals surface area (Å²) < 4.78 is 61.1. The number of alkyl halides is 3. The molecule has 172 valence electrons. The summed E-state index contributed by atoms with van der Waals surface area (Å²) in [6, 6.07) is 0.193. The molecule has 5 fully saturated rings. The predicted molar refractivity (Wildman–Crippen MR) is 108 cm³/mol. The molecule has 30 heavy (non-hydrogen) atoms. The topological polar surface area (TPSA) is 63.2 Å². The van der Waals surface area contributed by atoms with Gasteiger partial charge in [-0.25, -0.2) is 8.42 Å². The fourth-order valence-corrected chi connectivity index (χ4v) is 8.11. The Hall–Kier alpha value is -0.790. The van der Waals surface area contributed by atoms with Crippen LogP contribution in [-0.4, -0.2) is 31.6 Å². The van der Waals surface area contributed by atoms with Gasteiger partial charge in [0.15, 0.2) is 0 Å². The van der Waals surface area contributed by atoms with Gasteiger partial charge in [0, 0.05) is 11.5 Å². The van der Waals surface area contributed by atoms with Crippen molar-refractivity contribution in [2.24, 2.45) is 27.6 Å². The third-order valence-corrected chi connectivity index (χ3v) is 11.7. The lowest BCUT2D eigenvalue weighted by Crippen LogP contribution is -2.55. The molecule has 8 heteroatoms. The Morgan fingerprint density at radius 1 is 1.00 bits per heavy atom. The Morgan fingerprint density at radius 3 is 2.00 bits per heavy atom. The molecule has 0 heterocycles. The standard InChI is InChI=1S/C22H34F3NO3S/c1-18(2)15-4-5-19(18,3)16(14-15)26-17(27)21-9-6-20(7-10-21,8-11-21)12-13-30(28,29)22(23,24)25/h15-16H,4-14H2,1-3H3,(H,26,27)/t15-,16+,19+,20?,21?/m0/s1. The molecular formula is C22H34F3NO3S. The van der Waals surface area contributed by atoms with E-state index in [1.54, 1.807) is 0 Å². The van der Waals surface area contributed by atoms with Crippen LogP contribution in [0.15, 0.2) is 0 Å². The molecule has 0 saturated heterocycles. The minimum atomic E-state index is -5.18. The second-order valence-electron chi connectivity index (χ2n) is 11.4. The summed E-state index contributed by atoms with van der Waals surface area (Å²) >= 11 is 0. The Balaban J connectivity index is 1.38. The lowest BCUT2D eigenvalue weighted by Gasteiger charge is -2.53. The molecule has 5 aliphatic carbocycles. The maximum absolute atomic E-state index is 13.4. The van der Waals surface area contributed by atoms with Gasteiger partial charge < -0.3 is 5.32 Å². The largest absolute Gasteiger partial charge is 0.497 e. The van der Waals surface area contributed by atoms with E-state index < -0.39 is 26.5 Å². The number of halogens is 3. The van der Waals surface area contributed by atoms with E-state index in [-0.39, 0.29) is 34.6 Å². The van der Waals surface area contributed by atoms with Crippen LogP contribution in [0.25, 0.3) is 0 Å². The smallest absolute Gasteiger partial charge is 0.352 e. The van der Waals surface area contributed by atoms with Crippen LogP contribution in [0, 0.1) is 27.6 Å². The molecule has 4 nitrogen and oxygen atoms in total. The molecular weight excluding hydrogens is 415 g/mol. The third-order valence-electron chi connectivity index (χ3n) is 10.2. The van der Waals surface area contributed by atoms with Gasteiger partial charge in [0.1, 0.15) is 0 Å². The summed E-state index contributed by atoms with van der Waals surface area (Å²) in [6.07, 6.45) is 7.33. The lowest BCUT2D eigenvalue weighted by atomic mass is 9.52. The number of carbonyl (C=O) groups is 1. The molecule has 0 aliphatic heterocycles. The molecule has 1 N–H and O–H groups in total. The van der Waals surface area contributed by atoms with Gasteiger partial charge in [0.05, 0.1) is 5.75 Å². The Morgan fingerprint density at radius 2 is 1.57 bits per heavy atom. The van der Waals surface area contributed by atoms with Gasteiger partial charge >= 0.3 is 5.51 Å². The van der Waals surface area contributed by atoms with Crippen LogP contribution >= 0.6 is 0 Å². The van der Waals surface area contributed by atoms with Crippen LogP contribution in [-0.2, 0) is 14.6 Å². The molecule has 0 aromatic heterocycles. The van der Waals surface area contributed by atoms with Crippen molar-refractivity contribution in [3.63, 3.8) is 0 Å². The van der Waals surface area contributed by atoms with Crippen LogP contribution in [0.1, 0.15) is 85.0 Å². The van der Waals surface area contributed by atoms with Crippen LogP contribution in [0.2, 0.25) is 0 Å². The summed E-state index contributed by atoms with van der Waals surface area (Å²) in [5, 5.41) is 3.40. The van der Waals surface area contributed by atoms with Gasteiger partial charge in [-0.2, -0.15) is 13.2 Å². The van der Waals surface area contributed by atoms with E-state index in [0.29, 0.717) is 44.4 Å². The van der Waals surface area contributed by atoms with Crippen molar-refractivity contribution in [2.45, 2.75) is 96.5 Å². The first-order chi connectivity index (χ1) is 13.7. The zero-order chi connectivity index (χ0) is 22.2. The molecule has 0 aromatic rings. The van der Waals surface area contributed by atoms with Gasteiger partial charge in [-0.05, 0) is 86.4 Å². The van der Waals surface area contributed by atoms with Crippen LogP contribution < -0.4 is 5.32 Å². The highest BCUT2D eigenvalue weighted by Gasteiger charge is 2.62. The molecule has 0 aromatic carbocycles. The van der Waals surface area contributed by atoms with E-state index in [1.807, 2.05) is 0 Å².